The Morgan fingerprint density at radius 1 is 1.26 bits per heavy atom. The quantitative estimate of drug-likeness (QED) is 0.927. The maximum absolute atomic E-state index is 14.9. The van der Waals surface area contributed by atoms with Crippen LogP contribution in [0.15, 0.2) is 17.1 Å². The average molecular weight is 315 g/mol. The fourth-order valence-corrected chi connectivity index (χ4v) is 3.67. The molecule has 2 aromatic rings. The third-order valence-corrected chi connectivity index (χ3v) is 5.16. The van der Waals surface area contributed by atoms with E-state index >= 15 is 0 Å². The molecule has 0 amide bonds. The zero-order valence-electron chi connectivity index (χ0n) is 13.6. The van der Waals surface area contributed by atoms with Crippen molar-refractivity contribution in [3.8, 4) is 0 Å². The summed E-state index contributed by atoms with van der Waals surface area (Å²) in [5.74, 6) is -0.281. The Morgan fingerprint density at radius 2 is 2.00 bits per heavy atom. The molecule has 1 saturated carbocycles. The second-order valence-corrected chi connectivity index (χ2v) is 7.00. The summed E-state index contributed by atoms with van der Waals surface area (Å²) < 4.78 is 17.1. The molecule has 0 unspecified atom stereocenters. The zero-order chi connectivity index (χ0) is 16.3. The van der Waals surface area contributed by atoms with E-state index in [9.17, 15) is 9.18 Å². The third kappa shape index (κ3) is 2.26. The summed E-state index contributed by atoms with van der Waals surface area (Å²) in [7, 11) is 0. The minimum absolute atomic E-state index is 0.0574. The molecule has 0 bridgehead atoms. The fraction of sp³-hybridized carbons (Fsp3) is 0.500. The van der Waals surface area contributed by atoms with Gasteiger partial charge in [-0.15, -0.1) is 0 Å². The van der Waals surface area contributed by atoms with Crippen molar-refractivity contribution in [1.29, 1.82) is 0 Å². The third-order valence-electron chi connectivity index (χ3n) is 5.16. The van der Waals surface area contributed by atoms with Gasteiger partial charge in [-0.3, -0.25) is 4.79 Å². The molecular formula is C18H22FN3O. The number of aromatic nitrogens is 1. The Labute approximate surface area is 134 Å². The lowest BCUT2D eigenvalue weighted by Gasteiger charge is -2.22. The van der Waals surface area contributed by atoms with Crippen molar-refractivity contribution < 1.29 is 4.39 Å². The molecule has 0 radical (unpaired) electrons. The number of aryl methyl sites for hydroxylation is 2. The zero-order valence-corrected chi connectivity index (χ0v) is 13.6. The molecule has 2 N–H and O–H groups in total. The minimum Gasteiger partial charge on any atom is -0.367 e. The SMILES string of the molecule is Cc1cn(C2CC2)c2cc(N3CC[C@@H](N)C3)c(F)c(C)c2c1=O. The Balaban J connectivity index is 2.00. The molecular weight excluding hydrogens is 293 g/mol. The van der Waals surface area contributed by atoms with Crippen LogP contribution in [0.1, 0.15) is 36.4 Å². The van der Waals surface area contributed by atoms with Gasteiger partial charge in [-0.2, -0.15) is 0 Å². The molecule has 2 aliphatic rings. The molecule has 5 heteroatoms. The number of benzene rings is 1. The Morgan fingerprint density at radius 3 is 2.61 bits per heavy atom. The minimum atomic E-state index is -0.281. The predicted octanol–water partition coefficient (Wildman–Crippen LogP) is 2.63. The van der Waals surface area contributed by atoms with Crippen LogP contribution in [-0.2, 0) is 0 Å². The van der Waals surface area contributed by atoms with Gasteiger partial charge in [0.05, 0.1) is 16.6 Å². The summed E-state index contributed by atoms with van der Waals surface area (Å²) in [6.07, 6.45) is 5.05. The maximum Gasteiger partial charge on any atom is 0.192 e. The van der Waals surface area contributed by atoms with Gasteiger partial charge in [0.15, 0.2) is 5.43 Å². The molecule has 0 spiro atoms. The van der Waals surface area contributed by atoms with Gasteiger partial charge < -0.3 is 15.2 Å². The van der Waals surface area contributed by atoms with Crippen molar-refractivity contribution in [3.63, 3.8) is 0 Å². The van der Waals surface area contributed by atoms with Gasteiger partial charge in [0.2, 0.25) is 0 Å². The molecule has 1 aromatic carbocycles. The summed E-state index contributed by atoms with van der Waals surface area (Å²) in [5.41, 5.74) is 8.50. The van der Waals surface area contributed by atoms with Crippen LogP contribution < -0.4 is 16.1 Å². The fourth-order valence-electron chi connectivity index (χ4n) is 3.67. The van der Waals surface area contributed by atoms with Crippen molar-refractivity contribution in [3.05, 3.63) is 39.4 Å². The summed E-state index contributed by atoms with van der Waals surface area (Å²) in [6.45, 7) is 4.96. The highest BCUT2D eigenvalue weighted by molar-refractivity contribution is 5.87. The van der Waals surface area contributed by atoms with E-state index in [4.69, 9.17) is 5.73 Å². The van der Waals surface area contributed by atoms with Crippen LogP contribution in [0.2, 0.25) is 0 Å². The van der Waals surface area contributed by atoms with Gasteiger partial charge in [-0.05, 0) is 39.2 Å². The van der Waals surface area contributed by atoms with E-state index in [1.807, 2.05) is 24.1 Å². The molecule has 1 aliphatic heterocycles. The Kier molecular flexibility index (Phi) is 3.23. The number of halogens is 1. The molecule has 122 valence electrons. The number of anilines is 1. The van der Waals surface area contributed by atoms with Crippen LogP contribution >= 0.6 is 0 Å². The van der Waals surface area contributed by atoms with Gasteiger partial charge in [-0.1, -0.05) is 0 Å². The number of hydrogen-bond acceptors (Lipinski definition) is 3. The number of rotatable bonds is 2. The molecule has 4 nitrogen and oxygen atoms in total. The first-order valence-corrected chi connectivity index (χ1v) is 8.32. The van der Waals surface area contributed by atoms with Gasteiger partial charge in [0.1, 0.15) is 5.82 Å². The van der Waals surface area contributed by atoms with Crippen molar-refractivity contribution in [2.24, 2.45) is 5.73 Å². The van der Waals surface area contributed by atoms with Gasteiger partial charge in [0, 0.05) is 42.5 Å². The number of hydrogen-bond donors (Lipinski definition) is 1. The normalized spacial score (nSPS) is 21.4. The van der Waals surface area contributed by atoms with Gasteiger partial charge in [-0.25, -0.2) is 4.39 Å². The predicted molar refractivity (Wildman–Crippen MR) is 90.7 cm³/mol. The molecule has 1 saturated heterocycles. The topological polar surface area (TPSA) is 51.3 Å². The monoisotopic (exact) mass is 315 g/mol. The lowest BCUT2D eigenvalue weighted by atomic mass is 10.0. The van der Waals surface area contributed by atoms with Crippen molar-refractivity contribution in [2.75, 3.05) is 18.0 Å². The first-order chi connectivity index (χ1) is 11.0. The summed E-state index contributed by atoms with van der Waals surface area (Å²) in [6, 6.07) is 2.39. The second-order valence-electron chi connectivity index (χ2n) is 7.00. The molecule has 1 atom stereocenters. The Bertz CT molecular complexity index is 854. The average Bonchev–Trinajstić information content (AvgIpc) is 3.27. The Hall–Kier alpha value is -1.88. The highest BCUT2D eigenvalue weighted by Gasteiger charge is 2.28. The molecule has 1 aromatic heterocycles. The lowest BCUT2D eigenvalue weighted by molar-refractivity contribution is 0.615. The first-order valence-electron chi connectivity index (χ1n) is 8.32. The van der Waals surface area contributed by atoms with Crippen molar-refractivity contribution in [1.82, 2.24) is 4.57 Å². The van der Waals surface area contributed by atoms with Crippen molar-refractivity contribution in [2.45, 2.75) is 45.2 Å². The highest BCUT2D eigenvalue weighted by Crippen LogP contribution is 2.39. The van der Waals surface area contributed by atoms with E-state index in [2.05, 4.69) is 4.57 Å². The van der Waals surface area contributed by atoms with Gasteiger partial charge >= 0.3 is 0 Å². The maximum atomic E-state index is 14.9. The second kappa shape index (κ2) is 5.06. The number of fused-ring (bicyclic) bond motifs is 1. The van der Waals surface area contributed by atoms with E-state index in [1.165, 1.54) is 0 Å². The molecule has 4 rings (SSSR count). The summed E-state index contributed by atoms with van der Waals surface area (Å²) >= 11 is 0. The molecule has 23 heavy (non-hydrogen) atoms. The first kappa shape index (κ1) is 14.7. The number of nitrogens with two attached hydrogens (primary N) is 1. The summed E-state index contributed by atoms with van der Waals surface area (Å²) in [5, 5.41) is 0.529. The van der Waals surface area contributed by atoms with Crippen LogP contribution in [0, 0.1) is 19.7 Å². The van der Waals surface area contributed by atoms with Gasteiger partial charge in [0.25, 0.3) is 0 Å². The molecule has 2 heterocycles. The highest BCUT2D eigenvalue weighted by atomic mass is 19.1. The standard InChI is InChI=1S/C18H22FN3O/c1-10-8-22(13-3-4-13)14-7-15(21-6-5-12(20)9-21)17(19)11(2)16(14)18(10)23/h7-8,12-13H,3-6,9,20H2,1-2H3/t12-/m1/s1. The van der Waals surface area contributed by atoms with E-state index in [0.29, 0.717) is 34.8 Å². The van der Waals surface area contributed by atoms with Crippen LogP contribution in [-0.4, -0.2) is 23.7 Å². The van der Waals surface area contributed by atoms with E-state index in [-0.39, 0.29) is 17.3 Å². The van der Waals surface area contributed by atoms with Crippen LogP contribution in [0.4, 0.5) is 10.1 Å². The van der Waals surface area contributed by atoms with E-state index < -0.39 is 0 Å². The number of pyridine rings is 1. The lowest BCUT2D eigenvalue weighted by Crippen LogP contribution is -2.27. The largest absolute Gasteiger partial charge is 0.367 e. The molecule has 2 fully saturated rings. The summed E-state index contributed by atoms with van der Waals surface area (Å²) in [4.78, 5) is 14.6. The van der Waals surface area contributed by atoms with E-state index in [1.54, 1.807) is 6.92 Å². The number of nitrogens with zero attached hydrogens (tertiary/aromatic N) is 2. The van der Waals surface area contributed by atoms with E-state index in [0.717, 1.165) is 31.3 Å². The van der Waals surface area contributed by atoms with Crippen LogP contribution in [0.3, 0.4) is 0 Å². The van der Waals surface area contributed by atoms with Crippen molar-refractivity contribution >= 4 is 16.6 Å². The smallest absolute Gasteiger partial charge is 0.192 e. The van der Waals surface area contributed by atoms with Crippen LogP contribution in [0.25, 0.3) is 10.9 Å². The van der Waals surface area contributed by atoms with Crippen LogP contribution in [0.5, 0.6) is 0 Å². The molecule has 1 aliphatic carbocycles.